The first-order valence-corrected chi connectivity index (χ1v) is 10.9. The van der Waals surface area contributed by atoms with Gasteiger partial charge < -0.3 is 14.8 Å². The zero-order chi connectivity index (χ0) is 22.1. The number of aryl methyl sites for hydroxylation is 2. The van der Waals surface area contributed by atoms with Gasteiger partial charge in [-0.2, -0.15) is 9.78 Å². The zero-order valence-electron chi connectivity index (χ0n) is 17.5. The van der Waals surface area contributed by atoms with Crippen molar-refractivity contribution in [3.05, 3.63) is 76.8 Å². The van der Waals surface area contributed by atoms with E-state index in [1.54, 1.807) is 10.8 Å². The maximum absolute atomic E-state index is 12.6. The van der Waals surface area contributed by atoms with E-state index in [0.717, 1.165) is 22.5 Å². The molecule has 32 heavy (non-hydrogen) atoms. The Morgan fingerprint density at radius 2 is 1.91 bits per heavy atom. The third-order valence-corrected chi connectivity index (χ3v) is 5.74. The molecule has 2 aromatic heterocycles. The average molecular weight is 445 g/mol. The predicted molar refractivity (Wildman–Crippen MR) is 124 cm³/mol. The van der Waals surface area contributed by atoms with Gasteiger partial charge in [0.25, 0.3) is 0 Å². The molecule has 0 saturated heterocycles. The van der Waals surface area contributed by atoms with Crippen LogP contribution >= 0.6 is 11.3 Å². The SMILES string of the molecule is Cc1ccc(-c2csc(-n3nc(C)cc3NC(=O)C=Cc3ccc4c(c3)OCO4)n2)cc1. The van der Waals surface area contributed by atoms with Gasteiger partial charge in [-0.05, 0) is 37.6 Å². The maximum atomic E-state index is 12.6. The highest BCUT2D eigenvalue weighted by molar-refractivity contribution is 7.12. The number of thiazole rings is 1. The highest BCUT2D eigenvalue weighted by atomic mass is 32.1. The van der Waals surface area contributed by atoms with Crippen molar-refractivity contribution in [1.82, 2.24) is 14.8 Å². The van der Waals surface area contributed by atoms with E-state index >= 15 is 0 Å². The van der Waals surface area contributed by atoms with E-state index in [-0.39, 0.29) is 12.7 Å². The van der Waals surface area contributed by atoms with Crippen LogP contribution < -0.4 is 14.8 Å². The van der Waals surface area contributed by atoms with Gasteiger partial charge in [0.2, 0.25) is 17.8 Å². The van der Waals surface area contributed by atoms with E-state index in [4.69, 9.17) is 14.5 Å². The number of aromatic nitrogens is 3. The van der Waals surface area contributed by atoms with E-state index in [2.05, 4.69) is 29.5 Å². The number of hydrogen-bond donors (Lipinski definition) is 1. The van der Waals surface area contributed by atoms with Crippen molar-refractivity contribution >= 4 is 29.1 Å². The summed E-state index contributed by atoms with van der Waals surface area (Å²) in [6.07, 6.45) is 3.20. The molecule has 0 bridgehead atoms. The number of nitrogens with zero attached hydrogens (tertiary/aromatic N) is 3. The zero-order valence-corrected chi connectivity index (χ0v) is 18.3. The molecule has 5 rings (SSSR count). The summed E-state index contributed by atoms with van der Waals surface area (Å²) in [6, 6.07) is 15.6. The second-order valence-electron chi connectivity index (χ2n) is 7.40. The molecule has 0 atom stereocenters. The van der Waals surface area contributed by atoms with Crippen LogP contribution in [-0.2, 0) is 4.79 Å². The lowest BCUT2D eigenvalue weighted by Gasteiger charge is -2.04. The normalized spacial score (nSPS) is 12.4. The number of carbonyl (C=O) groups is 1. The van der Waals surface area contributed by atoms with Crippen LogP contribution in [0.15, 0.2) is 60.0 Å². The van der Waals surface area contributed by atoms with Gasteiger partial charge in [0, 0.05) is 23.1 Å². The first kappa shape index (κ1) is 20.0. The Morgan fingerprint density at radius 1 is 1.09 bits per heavy atom. The number of anilines is 1. The van der Waals surface area contributed by atoms with Crippen molar-refractivity contribution in [2.45, 2.75) is 13.8 Å². The highest BCUT2D eigenvalue weighted by Crippen LogP contribution is 2.33. The Bertz CT molecular complexity index is 1320. The molecule has 8 heteroatoms. The number of nitrogens with one attached hydrogen (secondary N) is 1. The van der Waals surface area contributed by atoms with E-state index < -0.39 is 0 Å². The minimum absolute atomic E-state index is 0.217. The molecule has 0 fully saturated rings. The topological polar surface area (TPSA) is 78.3 Å². The largest absolute Gasteiger partial charge is 0.454 e. The molecule has 4 aromatic rings. The van der Waals surface area contributed by atoms with Crippen molar-refractivity contribution in [2.24, 2.45) is 0 Å². The minimum atomic E-state index is -0.265. The van der Waals surface area contributed by atoms with Crippen LogP contribution in [0.4, 0.5) is 5.82 Å². The lowest BCUT2D eigenvalue weighted by molar-refractivity contribution is -0.111. The van der Waals surface area contributed by atoms with E-state index in [1.165, 1.54) is 23.0 Å². The number of fused-ring (bicyclic) bond motifs is 1. The third kappa shape index (κ3) is 4.13. The molecule has 1 amide bonds. The molecule has 0 unspecified atom stereocenters. The molecular formula is C24H20N4O3S. The predicted octanol–water partition coefficient (Wildman–Crippen LogP) is 4.99. The number of ether oxygens (including phenoxy) is 2. The lowest BCUT2D eigenvalue weighted by Crippen LogP contribution is -2.12. The number of rotatable bonds is 5. The molecule has 7 nitrogen and oxygen atoms in total. The summed E-state index contributed by atoms with van der Waals surface area (Å²) in [5.74, 6) is 1.68. The minimum Gasteiger partial charge on any atom is -0.454 e. The number of benzene rings is 2. The molecule has 0 spiro atoms. The molecule has 0 saturated carbocycles. The summed E-state index contributed by atoms with van der Waals surface area (Å²) in [6.45, 7) is 4.15. The van der Waals surface area contributed by atoms with Gasteiger partial charge in [0.05, 0.1) is 11.4 Å². The summed E-state index contributed by atoms with van der Waals surface area (Å²) < 4.78 is 12.3. The molecule has 160 valence electrons. The van der Waals surface area contributed by atoms with Gasteiger partial charge in [0.1, 0.15) is 5.82 Å². The molecule has 1 aliphatic rings. The van der Waals surface area contributed by atoms with Crippen LogP contribution in [0.1, 0.15) is 16.8 Å². The second kappa shape index (κ2) is 8.32. The standard InChI is InChI=1S/C24H20N4O3S/c1-15-3-7-18(8-4-15)19-13-32-24(25-19)28-22(11-16(2)27-28)26-23(29)10-6-17-5-9-20-21(12-17)31-14-30-20/h3-13H,14H2,1-2H3,(H,26,29). The summed E-state index contributed by atoms with van der Waals surface area (Å²) in [5, 5.41) is 10.1. The molecular weight excluding hydrogens is 424 g/mol. The van der Waals surface area contributed by atoms with Gasteiger partial charge in [-0.3, -0.25) is 4.79 Å². The molecule has 0 aliphatic carbocycles. The van der Waals surface area contributed by atoms with Crippen molar-refractivity contribution in [3.63, 3.8) is 0 Å². The van der Waals surface area contributed by atoms with Gasteiger partial charge in [0.15, 0.2) is 11.5 Å². The Morgan fingerprint density at radius 3 is 2.75 bits per heavy atom. The molecule has 3 heterocycles. The fourth-order valence-electron chi connectivity index (χ4n) is 3.31. The molecule has 1 aliphatic heterocycles. The number of hydrogen-bond acceptors (Lipinski definition) is 6. The number of amides is 1. The maximum Gasteiger partial charge on any atom is 0.249 e. The Labute approximate surface area is 189 Å². The smallest absolute Gasteiger partial charge is 0.249 e. The van der Waals surface area contributed by atoms with E-state index in [1.807, 2.05) is 48.7 Å². The summed E-state index contributed by atoms with van der Waals surface area (Å²) >= 11 is 1.47. The Balaban J connectivity index is 1.33. The molecule has 0 radical (unpaired) electrons. The Hall–Kier alpha value is -3.91. The molecule has 2 aromatic carbocycles. The van der Waals surface area contributed by atoms with Crippen LogP contribution in [0, 0.1) is 13.8 Å². The quantitative estimate of drug-likeness (QED) is 0.439. The van der Waals surface area contributed by atoms with E-state index in [9.17, 15) is 4.79 Å². The van der Waals surface area contributed by atoms with E-state index in [0.29, 0.717) is 22.4 Å². The number of carbonyl (C=O) groups excluding carboxylic acids is 1. The van der Waals surface area contributed by atoms with Gasteiger partial charge in [-0.1, -0.05) is 35.9 Å². The van der Waals surface area contributed by atoms with Crippen molar-refractivity contribution in [2.75, 3.05) is 12.1 Å². The summed E-state index contributed by atoms with van der Waals surface area (Å²) in [7, 11) is 0. The highest BCUT2D eigenvalue weighted by Gasteiger charge is 2.15. The van der Waals surface area contributed by atoms with Gasteiger partial charge >= 0.3 is 0 Å². The average Bonchev–Trinajstić information content (AvgIpc) is 3.52. The summed E-state index contributed by atoms with van der Waals surface area (Å²) in [5.41, 5.74) is 4.74. The Kier molecular flexibility index (Phi) is 5.20. The van der Waals surface area contributed by atoms with Crippen LogP contribution in [0.25, 0.3) is 22.5 Å². The second-order valence-corrected chi connectivity index (χ2v) is 8.24. The summed E-state index contributed by atoms with van der Waals surface area (Å²) in [4.78, 5) is 17.3. The fraction of sp³-hybridized carbons (Fsp3) is 0.125. The van der Waals surface area contributed by atoms with Crippen LogP contribution in [0.5, 0.6) is 11.5 Å². The van der Waals surface area contributed by atoms with Crippen LogP contribution in [-0.4, -0.2) is 27.5 Å². The van der Waals surface area contributed by atoms with Crippen LogP contribution in [0.3, 0.4) is 0 Å². The third-order valence-electron chi connectivity index (χ3n) is 4.93. The fourth-order valence-corrected chi connectivity index (χ4v) is 4.11. The monoisotopic (exact) mass is 444 g/mol. The van der Waals surface area contributed by atoms with Gasteiger partial charge in [-0.15, -0.1) is 11.3 Å². The first-order valence-electron chi connectivity index (χ1n) is 10.0. The first-order chi connectivity index (χ1) is 15.5. The van der Waals surface area contributed by atoms with Crippen LogP contribution in [0.2, 0.25) is 0 Å². The lowest BCUT2D eigenvalue weighted by atomic mass is 10.1. The van der Waals surface area contributed by atoms with Gasteiger partial charge in [-0.25, -0.2) is 4.98 Å². The van der Waals surface area contributed by atoms with Crippen molar-refractivity contribution < 1.29 is 14.3 Å². The van der Waals surface area contributed by atoms with Crippen molar-refractivity contribution in [3.8, 4) is 27.9 Å². The molecule has 1 N–H and O–H groups in total. The van der Waals surface area contributed by atoms with Crippen molar-refractivity contribution in [1.29, 1.82) is 0 Å².